The summed E-state index contributed by atoms with van der Waals surface area (Å²) >= 11 is 8.94. The van der Waals surface area contributed by atoms with Gasteiger partial charge in [-0.1, -0.05) is 17.7 Å². The van der Waals surface area contributed by atoms with Gasteiger partial charge in [0.25, 0.3) is 0 Å². The van der Waals surface area contributed by atoms with Crippen LogP contribution in [0.1, 0.15) is 50.8 Å². The Morgan fingerprint density at radius 2 is 1.75 bits per heavy atom. The molecule has 0 saturated heterocycles. The highest BCUT2D eigenvalue weighted by Gasteiger charge is 2.28. The predicted molar refractivity (Wildman–Crippen MR) is 222 cm³/mol. The lowest BCUT2D eigenvalue weighted by Crippen LogP contribution is -2.14. The van der Waals surface area contributed by atoms with Gasteiger partial charge in [0.2, 0.25) is 0 Å². The van der Waals surface area contributed by atoms with Gasteiger partial charge in [0, 0.05) is 70.3 Å². The number of thioether (sulfide) groups is 1. The summed E-state index contributed by atoms with van der Waals surface area (Å²) in [5.41, 5.74) is 8.87. The summed E-state index contributed by atoms with van der Waals surface area (Å²) in [5, 5.41) is 13.0. The molecule has 1 aliphatic rings. The number of rotatable bonds is 10. The average Bonchev–Trinajstić information content (AvgIpc) is 3.81. The number of carbonyl (C=O) groups excluding carboxylic acids is 1. The van der Waals surface area contributed by atoms with Gasteiger partial charge in [0.1, 0.15) is 17.3 Å². The number of hydrogen-bond donors (Lipinski definition) is 0. The van der Waals surface area contributed by atoms with Crippen molar-refractivity contribution in [3.8, 4) is 16.9 Å². The molecule has 3 aromatic heterocycles. The maximum atomic E-state index is 14.4. The van der Waals surface area contributed by atoms with Crippen LogP contribution in [0.5, 0.6) is 5.75 Å². The maximum Gasteiger partial charge on any atom is 0.354 e. The number of hydrogen-bond acceptors (Lipinski definition) is 9. The number of fused-ring (bicyclic) bond motifs is 8. The molecule has 0 aliphatic carbocycles. The molecule has 1 aliphatic heterocycles. The molecule has 11 nitrogen and oxygen atoms in total. The van der Waals surface area contributed by atoms with Crippen molar-refractivity contribution in [3.63, 3.8) is 0 Å². The Morgan fingerprint density at radius 3 is 2.56 bits per heavy atom. The summed E-state index contributed by atoms with van der Waals surface area (Å²) in [6.07, 6.45) is 2.08. The highest BCUT2D eigenvalue weighted by molar-refractivity contribution is 7.97. The molecule has 0 atom stereocenters. The van der Waals surface area contributed by atoms with Gasteiger partial charge in [-0.3, -0.25) is 9.36 Å². The Hall–Kier alpha value is -4.40. The van der Waals surface area contributed by atoms with E-state index in [1.54, 1.807) is 31.0 Å². The van der Waals surface area contributed by atoms with E-state index in [0.717, 1.165) is 79.5 Å². The number of methoxy groups -OCH3 is 2. The number of aryl methyl sites for hydroxylation is 6. The van der Waals surface area contributed by atoms with E-state index in [4.69, 9.17) is 45.5 Å². The van der Waals surface area contributed by atoms with Crippen molar-refractivity contribution in [1.82, 2.24) is 24.1 Å². The highest BCUT2D eigenvalue weighted by atomic mass is 35.5. The Morgan fingerprint density at radius 1 is 0.947 bits per heavy atom. The molecule has 0 spiro atoms. The van der Waals surface area contributed by atoms with Gasteiger partial charge in [-0.15, -0.1) is 11.8 Å². The third kappa shape index (κ3) is 8.87. The van der Waals surface area contributed by atoms with Gasteiger partial charge >= 0.3 is 5.97 Å². The molecule has 0 unspecified atom stereocenters. The monoisotopic (exact) mass is 817 g/mol. The van der Waals surface area contributed by atoms with Crippen LogP contribution in [0.15, 0.2) is 48.5 Å². The number of benzene rings is 3. The normalized spacial score (nSPS) is 13.8. The zero-order valence-electron chi connectivity index (χ0n) is 33.2. The summed E-state index contributed by atoms with van der Waals surface area (Å²) in [6.45, 7) is 7.79. The summed E-state index contributed by atoms with van der Waals surface area (Å²) in [6, 6.07) is 14.9. The second-order valence-corrected chi connectivity index (χ2v) is 15.6. The molecule has 7 rings (SSSR count). The largest absolute Gasteiger partial charge is 0.493 e. The van der Waals surface area contributed by atoms with Crippen LogP contribution in [0.25, 0.3) is 32.8 Å². The molecule has 8 bridgehead atoms. The molecule has 0 fully saturated rings. The first-order chi connectivity index (χ1) is 27.7. The van der Waals surface area contributed by atoms with E-state index >= 15 is 0 Å². The third-order valence-corrected chi connectivity index (χ3v) is 11.7. The predicted octanol–water partition coefficient (Wildman–Crippen LogP) is 8.27. The Labute approximate surface area is 341 Å². The van der Waals surface area contributed by atoms with Crippen LogP contribution < -0.4 is 4.74 Å². The first-order valence-electron chi connectivity index (χ1n) is 19.2. The van der Waals surface area contributed by atoms with E-state index < -0.39 is 5.97 Å². The Balaban J connectivity index is 1.29. The minimum Gasteiger partial charge on any atom is -0.493 e. The molecule has 0 saturated carbocycles. The molecular formula is C43H49ClFN5O6S. The second-order valence-electron chi connectivity index (χ2n) is 14.2. The molecular weight excluding hydrogens is 769 g/mol. The molecule has 4 heterocycles. The molecule has 0 amide bonds. The van der Waals surface area contributed by atoms with Crippen LogP contribution in [0.3, 0.4) is 0 Å². The van der Waals surface area contributed by atoms with Gasteiger partial charge in [-0.2, -0.15) is 10.2 Å². The molecule has 3 aromatic carbocycles. The zero-order chi connectivity index (χ0) is 40.1. The van der Waals surface area contributed by atoms with Gasteiger partial charge in [0.15, 0.2) is 0 Å². The van der Waals surface area contributed by atoms with Crippen molar-refractivity contribution < 1.29 is 32.9 Å². The number of nitrogens with zero attached hydrogens (tertiary/aromatic N) is 5. The van der Waals surface area contributed by atoms with Crippen molar-refractivity contribution in [2.45, 2.75) is 57.7 Å². The summed E-state index contributed by atoms with van der Waals surface area (Å²) in [4.78, 5) is 13.5. The zero-order valence-corrected chi connectivity index (χ0v) is 34.7. The van der Waals surface area contributed by atoms with Crippen LogP contribution >= 0.6 is 23.4 Å². The molecule has 0 N–H and O–H groups in total. The standard InChI is InChI=1S/C43H49ClFN5O6S/c1-27-39-36-12-11-35(44)41(39)40-28(2)46-50(14-16-54-19-20-55-18-17-52-4)37(40)26-57-25-32-24-33(48(3)47-32)9-7-29-21-30-23-31(45)8-10-34(30)38(22-29)56-15-6-13-49(36)42(27)43(51)53-5/h8,10-12,21-24H,6-7,9,13-20,25-26H2,1-5H3. The third-order valence-electron chi connectivity index (χ3n) is 10.4. The minimum atomic E-state index is -0.428. The minimum absolute atomic E-state index is 0.292. The lowest BCUT2D eigenvalue weighted by molar-refractivity contribution is 0.0224. The fourth-order valence-corrected chi connectivity index (χ4v) is 8.98. The van der Waals surface area contributed by atoms with Crippen molar-refractivity contribution in [2.75, 3.05) is 53.9 Å². The maximum absolute atomic E-state index is 14.4. The molecule has 6 aromatic rings. The van der Waals surface area contributed by atoms with E-state index in [1.807, 2.05) is 53.0 Å². The van der Waals surface area contributed by atoms with E-state index in [-0.39, 0.29) is 5.82 Å². The summed E-state index contributed by atoms with van der Waals surface area (Å²) in [5.74, 6) is 1.29. The van der Waals surface area contributed by atoms with Gasteiger partial charge in [-0.05, 0) is 92.1 Å². The Kier molecular flexibility index (Phi) is 13.2. The van der Waals surface area contributed by atoms with E-state index in [2.05, 4.69) is 12.1 Å². The van der Waals surface area contributed by atoms with Gasteiger partial charge in [-0.25, -0.2) is 9.18 Å². The fraction of sp³-hybridized carbons (Fsp3) is 0.419. The number of aromatic nitrogens is 5. The van der Waals surface area contributed by atoms with Crippen LogP contribution in [0, 0.1) is 19.7 Å². The lowest BCUT2D eigenvalue weighted by atomic mass is 9.97. The summed E-state index contributed by atoms with van der Waals surface area (Å²) in [7, 11) is 5.03. The van der Waals surface area contributed by atoms with Crippen molar-refractivity contribution >= 4 is 51.0 Å². The SMILES string of the molecule is COCCOCCOCCn1nc(C)c2c1CSCc1cc(n(C)n1)CCc1cc(c3ccc(F)cc3c1)OCCCn1c(C(=O)OC)c(C)c3c-2c(Cl)ccc31. The number of halogens is 2. The second kappa shape index (κ2) is 18.5. The highest BCUT2D eigenvalue weighted by Crippen LogP contribution is 2.43. The van der Waals surface area contributed by atoms with Crippen LogP contribution in [-0.4, -0.2) is 84.0 Å². The van der Waals surface area contributed by atoms with E-state index in [9.17, 15) is 9.18 Å². The smallest absolute Gasteiger partial charge is 0.354 e. The molecule has 14 heteroatoms. The topological polar surface area (TPSA) is 104 Å². The molecule has 57 heavy (non-hydrogen) atoms. The van der Waals surface area contributed by atoms with Crippen LogP contribution in [0.2, 0.25) is 5.02 Å². The van der Waals surface area contributed by atoms with Crippen molar-refractivity contribution in [2.24, 2.45) is 7.05 Å². The van der Waals surface area contributed by atoms with Crippen molar-refractivity contribution in [3.05, 3.63) is 99.0 Å². The van der Waals surface area contributed by atoms with Gasteiger partial charge in [0.05, 0.1) is 70.4 Å². The lowest BCUT2D eigenvalue weighted by Gasteiger charge is -2.15. The van der Waals surface area contributed by atoms with Crippen molar-refractivity contribution in [1.29, 1.82) is 0 Å². The van der Waals surface area contributed by atoms with Crippen LogP contribution in [0.4, 0.5) is 4.39 Å². The Bertz CT molecular complexity index is 2390. The number of carbonyl (C=O) groups is 1. The molecule has 0 radical (unpaired) electrons. The van der Waals surface area contributed by atoms with E-state index in [0.29, 0.717) is 87.1 Å². The van der Waals surface area contributed by atoms with Crippen LogP contribution in [-0.2, 0) is 63.4 Å². The van der Waals surface area contributed by atoms with E-state index in [1.165, 1.54) is 13.2 Å². The summed E-state index contributed by atoms with van der Waals surface area (Å²) < 4.78 is 48.8. The number of ether oxygens (including phenoxy) is 5. The fourth-order valence-electron chi connectivity index (χ4n) is 7.78. The quantitative estimate of drug-likeness (QED) is 0.0999. The number of esters is 1. The molecule has 302 valence electrons. The average molecular weight is 818 g/mol. The first-order valence-corrected chi connectivity index (χ1v) is 20.8. The van der Waals surface area contributed by atoms with Gasteiger partial charge < -0.3 is 28.3 Å². The first kappa shape index (κ1) is 40.8.